The SMILES string of the molecule is O=C(Nc1ccc(-c2nc3ccc(NC(=O)C4(c5ccccc5)CC4)cc3[nH]2)cc1)C1(c2ccccc2)CC1. The molecule has 3 N–H and O–H groups in total. The second kappa shape index (κ2) is 8.95. The third-order valence-electron chi connectivity index (χ3n) is 8.18. The van der Waals surface area contributed by atoms with Crippen molar-refractivity contribution in [3.8, 4) is 11.4 Å². The van der Waals surface area contributed by atoms with Crippen LogP contribution >= 0.6 is 0 Å². The highest BCUT2D eigenvalue weighted by Gasteiger charge is 2.52. The van der Waals surface area contributed by atoms with E-state index in [9.17, 15) is 9.59 Å². The van der Waals surface area contributed by atoms with E-state index in [4.69, 9.17) is 4.98 Å². The normalized spacial score (nSPS) is 16.4. The quantitative estimate of drug-likeness (QED) is 0.230. The molecule has 2 aliphatic carbocycles. The molecule has 192 valence electrons. The van der Waals surface area contributed by atoms with E-state index in [0.29, 0.717) is 0 Å². The van der Waals surface area contributed by atoms with Crippen LogP contribution in [0.25, 0.3) is 22.4 Å². The minimum atomic E-state index is -0.424. The van der Waals surface area contributed by atoms with E-state index in [-0.39, 0.29) is 11.8 Å². The molecule has 4 aromatic carbocycles. The lowest BCUT2D eigenvalue weighted by atomic mass is 9.95. The predicted octanol–water partition coefficient (Wildman–Crippen LogP) is 6.57. The number of nitrogens with one attached hydrogen (secondary N) is 3. The van der Waals surface area contributed by atoms with Gasteiger partial charge in [0.1, 0.15) is 5.82 Å². The minimum Gasteiger partial charge on any atom is -0.338 e. The third kappa shape index (κ3) is 4.18. The molecule has 2 saturated carbocycles. The van der Waals surface area contributed by atoms with Crippen LogP contribution in [-0.2, 0) is 20.4 Å². The zero-order chi connectivity index (χ0) is 26.5. The van der Waals surface area contributed by atoms with Gasteiger partial charge in [0.2, 0.25) is 11.8 Å². The highest BCUT2D eigenvalue weighted by molar-refractivity contribution is 6.03. The van der Waals surface area contributed by atoms with Gasteiger partial charge in [0.15, 0.2) is 0 Å². The summed E-state index contributed by atoms with van der Waals surface area (Å²) in [5.74, 6) is 0.808. The van der Waals surface area contributed by atoms with Crippen LogP contribution in [0.15, 0.2) is 103 Å². The number of nitrogens with zero attached hydrogens (tertiary/aromatic N) is 1. The summed E-state index contributed by atoms with van der Waals surface area (Å²) in [6, 6.07) is 33.5. The van der Waals surface area contributed by atoms with E-state index < -0.39 is 10.8 Å². The van der Waals surface area contributed by atoms with Gasteiger partial charge in [0.05, 0.1) is 21.9 Å². The van der Waals surface area contributed by atoms with Crippen LogP contribution in [-0.4, -0.2) is 21.8 Å². The summed E-state index contributed by atoms with van der Waals surface area (Å²) in [5.41, 5.74) is 5.41. The Morgan fingerprint density at radius 3 is 1.69 bits per heavy atom. The van der Waals surface area contributed by atoms with E-state index >= 15 is 0 Å². The van der Waals surface area contributed by atoms with Gasteiger partial charge in [0, 0.05) is 16.9 Å². The number of imidazole rings is 1. The topological polar surface area (TPSA) is 86.9 Å². The summed E-state index contributed by atoms with van der Waals surface area (Å²) in [6.07, 6.45) is 3.47. The first-order valence-electron chi connectivity index (χ1n) is 13.4. The van der Waals surface area contributed by atoms with Gasteiger partial charge >= 0.3 is 0 Å². The van der Waals surface area contributed by atoms with Crippen molar-refractivity contribution in [2.75, 3.05) is 10.6 Å². The van der Waals surface area contributed by atoms with E-state index in [1.807, 2.05) is 103 Å². The second-order valence-corrected chi connectivity index (χ2v) is 10.7. The van der Waals surface area contributed by atoms with Gasteiger partial charge in [-0.2, -0.15) is 0 Å². The molecule has 1 heterocycles. The summed E-state index contributed by atoms with van der Waals surface area (Å²) in [6.45, 7) is 0. The Kier molecular flexibility index (Phi) is 5.37. The van der Waals surface area contributed by atoms with Crippen LogP contribution in [0.4, 0.5) is 11.4 Å². The number of carbonyl (C=O) groups is 2. The number of H-pyrrole nitrogens is 1. The van der Waals surface area contributed by atoms with Crippen LogP contribution in [0.1, 0.15) is 36.8 Å². The average molecular weight is 513 g/mol. The van der Waals surface area contributed by atoms with Gasteiger partial charge in [-0.1, -0.05) is 60.7 Å². The van der Waals surface area contributed by atoms with Crippen molar-refractivity contribution in [2.45, 2.75) is 36.5 Å². The van der Waals surface area contributed by atoms with E-state index in [1.165, 1.54) is 0 Å². The van der Waals surface area contributed by atoms with Crippen LogP contribution in [0.3, 0.4) is 0 Å². The van der Waals surface area contributed by atoms with Crippen LogP contribution in [0.5, 0.6) is 0 Å². The van der Waals surface area contributed by atoms with E-state index in [0.717, 1.165) is 70.6 Å². The molecule has 0 saturated heterocycles. The van der Waals surface area contributed by atoms with Crippen molar-refractivity contribution in [1.82, 2.24) is 9.97 Å². The number of hydrogen-bond acceptors (Lipinski definition) is 3. The molecule has 0 spiro atoms. The molecule has 7 rings (SSSR count). The average Bonchev–Trinajstić information content (AvgIpc) is 3.91. The van der Waals surface area contributed by atoms with Gasteiger partial charge in [-0.3, -0.25) is 9.59 Å². The number of fused-ring (bicyclic) bond motifs is 1. The molecule has 0 radical (unpaired) electrons. The maximum absolute atomic E-state index is 13.1. The van der Waals surface area contributed by atoms with Gasteiger partial charge < -0.3 is 15.6 Å². The highest BCUT2D eigenvalue weighted by atomic mass is 16.2. The van der Waals surface area contributed by atoms with Crippen molar-refractivity contribution in [3.63, 3.8) is 0 Å². The van der Waals surface area contributed by atoms with Gasteiger partial charge in [-0.15, -0.1) is 0 Å². The summed E-state index contributed by atoms with van der Waals surface area (Å²) < 4.78 is 0. The molecule has 1 aromatic heterocycles. The summed E-state index contributed by atoms with van der Waals surface area (Å²) in [5, 5.41) is 6.21. The zero-order valence-electron chi connectivity index (χ0n) is 21.4. The van der Waals surface area contributed by atoms with Crippen LogP contribution in [0, 0.1) is 0 Å². The van der Waals surface area contributed by atoms with E-state index in [1.54, 1.807) is 0 Å². The molecular formula is C33H28N4O2. The lowest BCUT2D eigenvalue weighted by Gasteiger charge is -2.16. The number of anilines is 2. The number of hydrogen-bond donors (Lipinski definition) is 3. The minimum absolute atomic E-state index is 0.0330. The largest absolute Gasteiger partial charge is 0.338 e. The van der Waals surface area contributed by atoms with Crippen molar-refractivity contribution < 1.29 is 9.59 Å². The Bertz CT molecular complexity index is 1680. The Labute approximate surface area is 226 Å². The monoisotopic (exact) mass is 512 g/mol. The Hall–Kier alpha value is -4.71. The molecule has 0 atom stereocenters. The fraction of sp³-hybridized carbons (Fsp3) is 0.182. The number of aromatic nitrogens is 2. The Balaban J connectivity index is 1.05. The Morgan fingerprint density at radius 1 is 0.641 bits per heavy atom. The molecule has 0 bridgehead atoms. The fourth-order valence-corrected chi connectivity index (χ4v) is 5.50. The highest BCUT2D eigenvalue weighted by Crippen LogP contribution is 2.49. The molecule has 2 fully saturated rings. The number of amides is 2. The maximum atomic E-state index is 13.1. The lowest BCUT2D eigenvalue weighted by Crippen LogP contribution is -2.27. The van der Waals surface area contributed by atoms with Crippen LogP contribution < -0.4 is 10.6 Å². The number of aromatic amines is 1. The Morgan fingerprint density at radius 2 is 1.15 bits per heavy atom. The molecule has 0 aliphatic heterocycles. The smallest absolute Gasteiger partial charge is 0.235 e. The third-order valence-corrected chi connectivity index (χ3v) is 8.18. The van der Waals surface area contributed by atoms with Crippen molar-refractivity contribution in [2.24, 2.45) is 0 Å². The molecule has 5 aromatic rings. The molecule has 39 heavy (non-hydrogen) atoms. The molecule has 6 nitrogen and oxygen atoms in total. The second-order valence-electron chi connectivity index (χ2n) is 10.7. The number of carbonyl (C=O) groups excluding carboxylic acids is 2. The summed E-state index contributed by atoms with van der Waals surface area (Å²) >= 11 is 0. The first kappa shape index (κ1) is 23.4. The summed E-state index contributed by atoms with van der Waals surface area (Å²) in [7, 11) is 0. The van der Waals surface area contributed by atoms with Gasteiger partial charge in [-0.25, -0.2) is 4.98 Å². The van der Waals surface area contributed by atoms with Gasteiger partial charge in [0.25, 0.3) is 0 Å². The van der Waals surface area contributed by atoms with Crippen LogP contribution in [0.2, 0.25) is 0 Å². The van der Waals surface area contributed by atoms with Crippen molar-refractivity contribution in [1.29, 1.82) is 0 Å². The van der Waals surface area contributed by atoms with E-state index in [2.05, 4.69) is 15.6 Å². The predicted molar refractivity (Wildman–Crippen MR) is 153 cm³/mol. The fourth-order valence-electron chi connectivity index (χ4n) is 5.50. The molecule has 2 aliphatic rings. The number of rotatable bonds is 7. The molecule has 6 heteroatoms. The van der Waals surface area contributed by atoms with Crippen molar-refractivity contribution >= 4 is 34.2 Å². The van der Waals surface area contributed by atoms with Gasteiger partial charge in [-0.05, 0) is 79.3 Å². The first-order valence-corrected chi connectivity index (χ1v) is 13.4. The zero-order valence-corrected chi connectivity index (χ0v) is 21.4. The maximum Gasteiger partial charge on any atom is 0.235 e. The standard InChI is InChI=1S/C33H28N4O2/c38-30(32(17-18-32)23-7-3-1-4-8-23)34-25-13-11-22(12-14-25)29-36-27-16-15-26(21-28(27)37-29)35-31(39)33(19-20-33)24-9-5-2-6-10-24/h1-16,21H,17-20H2,(H,34,38)(H,35,39)(H,36,37). The first-order chi connectivity index (χ1) is 19.1. The summed E-state index contributed by atoms with van der Waals surface area (Å²) in [4.78, 5) is 34.3. The molecular weight excluding hydrogens is 484 g/mol. The molecule has 0 unspecified atom stereocenters. The molecule has 2 amide bonds. The van der Waals surface area contributed by atoms with Crippen molar-refractivity contribution in [3.05, 3.63) is 114 Å². The number of benzene rings is 4. The lowest BCUT2D eigenvalue weighted by molar-refractivity contribution is -0.119.